The number of rotatable bonds is 6. The van der Waals surface area contributed by atoms with Crippen LogP contribution >= 0.6 is 0 Å². The second kappa shape index (κ2) is 8.21. The first-order chi connectivity index (χ1) is 14.0. The molecule has 7 heteroatoms. The standard InChI is InChI=1S/C22H27N5O2/c1-15(2)11-26-13-19(4-7-22(26)28)27-12-17(10-23-27)20-5-6-21(24-16(20)3)25-18-8-9-29-14-18/h4-7,10,12-13,15,18H,8-9,11,14H2,1-3H3,(H,24,25). The molecule has 4 rings (SSSR count). The Bertz CT molecular complexity index is 1050. The van der Waals surface area contributed by atoms with Gasteiger partial charge in [-0.1, -0.05) is 13.8 Å². The van der Waals surface area contributed by atoms with Crippen LogP contribution in [0, 0.1) is 12.8 Å². The number of ether oxygens (including phenoxy) is 1. The molecule has 0 bridgehead atoms. The van der Waals surface area contributed by atoms with Crippen molar-refractivity contribution in [1.29, 1.82) is 0 Å². The van der Waals surface area contributed by atoms with Crippen molar-refractivity contribution in [3.05, 3.63) is 58.9 Å². The Morgan fingerprint density at radius 1 is 1.24 bits per heavy atom. The Labute approximate surface area is 170 Å². The van der Waals surface area contributed by atoms with E-state index in [-0.39, 0.29) is 5.56 Å². The molecule has 1 atom stereocenters. The highest BCUT2D eigenvalue weighted by molar-refractivity contribution is 5.66. The van der Waals surface area contributed by atoms with E-state index in [2.05, 4.69) is 30.3 Å². The monoisotopic (exact) mass is 393 g/mol. The lowest BCUT2D eigenvalue weighted by molar-refractivity contribution is 0.195. The van der Waals surface area contributed by atoms with E-state index in [1.54, 1.807) is 21.4 Å². The summed E-state index contributed by atoms with van der Waals surface area (Å²) in [5, 5.41) is 7.93. The summed E-state index contributed by atoms with van der Waals surface area (Å²) in [6.45, 7) is 8.42. The minimum atomic E-state index is 0.00521. The van der Waals surface area contributed by atoms with E-state index in [0.29, 0.717) is 18.5 Å². The van der Waals surface area contributed by atoms with Gasteiger partial charge in [-0.2, -0.15) is 5.10 Å². The molecule has 1 N–H and O–H groups in total. The van der Waals surface area contributed by atoms with Gasteiger partial charge >= 0.3 is 0 Å². The van der Waals surface area contributed by atoms with Gasteiger partial charge in [0, 0.05) is 48.4 Å². The minimum absolute atomic E-state index is 0.00521. The molecule has 0 saturated carbocycles. The van der Waals surface area contributed by atoms with Crippen molar-refractivity contribution >= 4 is 5.82 Å². The van der Waals surface area contributed by atoms with Crippen LogP contribution in [0.15, 0.2) is 47.7 Å². The number of nitrogens with one attached hydrogen (secondary N) is 1. The SMILES string of the molecule is Cc1nc(NC2CCOC2)ccc1-c1cnn(-c2ccc(=O)n(CC(C)C)c2)c1. The maximum atomic E-state index is 12.1. The maximum Gasteiger partial charge on any atom is 0.250 e. The van der Waals surface area contributed by atoms with Gasteiger partial charge in [0.15, 0.2) is 0 Å². The van der Waals surface area contributed by atoms with Gasteiger partial charge in [-0.05, 0) is 37.5 Å². The van der Waals surface area contributed by atoms with Crippen LogP contribution in [0.1, 0.15) is 26.0 Å². The molecule has 1 fully saturated rings. The summed E-state index contributed by atoms with van der Waals surface area (Å²) in [5.74, 6) is 1.27. The summed E-state index contributed by atoms with van der Waals surface area (Å²) in [6.07, 6.45) is 6.68. The highest BCUT2D eigenvalue weighted by Gasteiger charge is 2.16. The van der Waals surface area contributed by atoms with E-state index >= 15 is 0 Å². The van der Waals surface area contributed by atoms with Crippen LogP contribution in [0.2, 0.25) is 0 Å². The van der Waals surface area contributed by atoms with Crippen LogP contribution in [0.25, 0.3) is 16.8 Å². The van der Waals surface area contributed by atoms with Gasteiger partial charge in [-0.3, -0.25) is 4.79 Å². The lowest BCUT2D eigenvalue weighted by atomic mass is 10.1. The highest BCUT2D eigenvalue weighted by Crippen LogP contribution is 2.25. The molecule has 3 aromatic rings. The number of aromatic nitrogens is 4. The first-order valence-electron chi connectivity index (χ1n) is 10.1. The van der Waals surface area contributed by atoms with Gasteiger partial charge in [0.1, 0.15) is 5.82 Å². The fraction of sp³-hybridized carbons (Fsp3) is 0.409. The van der Waals surface area contributed by atoms with Crippen LogP contribution in [0.4, 0.5) is 5.82 Å². The topological polar surface area (TPSA) is 74.0 Å². The molecule has 1 saturated heterocycles. The van der Waals surface area contributed by atoms with Crippen LogP contribution < -0.4 is 10.9 Å². The van der Waals surface area contributed by atoms with Crippen molar-refractivity contribution in [2.45, 2.75) is 39.8 Å². The van der Waals surface area contributed by atoms with Crippen molar-refractivity contribution in [1.82, 2.24) is 19.3 Å². The lowest BCUT2D eigenvalue weighted by Crippen LogP contribution is -2.21. The largest absolute Gasteiger partial charge is 0.379 e. The highest BCUT2D eigenvalue weighted by atomic mass is 16.5. The van der Waals surface area contributed by atoms with E-state index < -0.39 is 0 Å². The van der Waals surface area contributed by atoms with Crippen molar-refractivity contribution in [2.75, 3.05) is 18.5 Å². The summed E-state index contributed by atoms with van der Waals surface area (Å²) < 4.78 is 8.95. The first-order valence-corrected chi connectivity index (χ1v) is 10.1. The third-order valence-electron chi connectivity index (χ3n) is 5.06. The van der Waals surface area contributed by atoms with Gasteiger partial charge in [0.2, 0.25) is 0 Å². The third-order valence-corrected chi connectivity index (χ3v) is 5.06. The zero-order valence-corrected chi connectivity index (χ0v) is 17.1. The van der Waals surface area contributed by atoms with Gasteiger partial charge in [0.25, 0.3) is 5.56 Å². The Balaban J connectivity index is 1.57. The average Bonchev–Trinajstić information content (AvgIpc) is 3.35. The predicted octanol–water partition coefficient (Wildman–Crippen LogP) is 3.26. The number of hydrogen-bond donors (Lipinski definition) is 1. The van der Waals surface area contributed by atoms with E-state index in [1.807, 2.05) is 31.6 Å². The summed E-state index contributed by atoms with van der Waals surface area (Å²) in [4.78, 5) is 16.8. The van der Waals surface area contributed by atoms with Crippen molar-refractivity contribution in [3.8, 4) is 16.8 Å². The molecule has 4 heterocycles. The van der Waals surface area contributed by atoms with Gasteiger partial charge in [-0.15, -0.1) is 0 Å². The summed E-state index contributed by atoms with van der Waals surface area (Å²) in [5.41, 5.74) is 3.85. The Morgan fingerprint density at radius 2 is 2.10 bits per heavy atom. The Morgan fingerprint density at radius 3 is 2.83 bits per heavy atom. The zero-order valence-electron chi connectivity index (χ0n) is 17.1. The Hall–Kier alpha value is -2.93. The molecule has 1 aliphatic rings. The fourth-order valence-electron chi connectivity index (χ4n) is 3.60. The minimum Gasteiger partial charge on any atom is -0.379 e. The van der Waals surface area contributed by atoms with Crippen molar-refractivity contribution in [3.63, 3.8) is 0 Å². The molecule has 1 unspecified atom stereocenters. The van der Waals surface area contributed by atoms with E-state index in [4.69, 9.17) is 9.72 Å². The molecule has 1 aliphatic heterocycles. The van der Waals surface area contributed by atoms with E-state index in [0.717, 1.165) is 48.0 Å². The number of anilines is 1. The van der Waals surface area contributed by atoms with Gasteiger partial charge < -0.3 is 14.6 Å². The van der Waals surface area contributed by atoms with Crippen molar-refractivity contribution in [2.24, 2.45) is 5.92 Å². The van der Waals surface area contributed by atoms with Crippen LogP contribution in [0.3, 0.4) is 0 Å². The molecule has 0 amide bonds. The number of hydrogen-bond acceptors (Lipinski definition) is 5. The average molecular weight is 393 g/mol. The molecular formula is C22H27N5O2. The van der Waals surface area contributed by atoms with Crippen LogP contribution in [-0.4, -0.2) is 38.6 Å². The number of nitrogens with zero attached hydrogens (tertiary/aromatic N) is 4. The molecule has 152 valence electrons. The molecule has 0 spiro atoms. The molecule has 7 nitrogen and oxygen atoms in total. The van der Waals surface area contributed by atoms with Gasteiger partial charge in [-0.25, -0.2) is 9.67 Å². The van der Waals surface area contributed by atoms with Crippen molar-refractivity contribution < 1.29 is 4.74 Å². The maximum absolute atomic E-state index is 12.1. The zero-order chi connectivity index (χ0) is 20.4. The molecule has 0 radical (unpaired) electrons. The summed E-state index contributed by atoms with van der Waals surface area (Å²) >= 11 is 0. The number of pyridine rings is 2. The quantitative estimate of drug-likeness (QED) is 0.696. The van der Waals surface area contributed by atoms with E-state index in [9.17, 15) is 4.79 Å². The van der Waals surface area contributed by atoms with Gasteiger partial charge in [0.05, 0.1) is 24.5 Å². The van der Waals surface area contributed by atoms with Crippen LogP contribution in [-0.2, 0) is 11.3 Å². The summed E-state index contributed by atoms with van der Waals surface area (Å²) in [6, 6.07) is 7.80. The smallest absolute Gasteiger partial charge is 0.250 e. The molecule has 0 aromatic carbocycles. The molecule has 29 heavy (non-hydrogen) atoms. The second-order valence-electron chi connectivity index (χ2n) is 7.98. The fourth-order valence-corrected chi connectivity index (χ4v) is 3.60. The third kappa shape index (κ3) is 4.40. The molecular weight excluding hydrogens is 366 g/mol. The first kappa shape index (κ1) is 19.4. The molecule has 3 aromatic heterocycles. The van der Waals surface area contributed by atoms with Crippen LogP contribution in [0.5, 0.6) is 0 Å². The molecule has 0 aliphatic carbocycles. The predicted molar refractivity (Wildman–Crippen MR) is 113 cm³/mol. The second-order valence-corrected chi connectivity index (χ2v) is 7.98. The Kier molecular flexibility index (Phi) is 5.49. The normalized spacial score (nSPS) is 16.5. The number of aryl methyl sites for hydroxylation is 1. The lowest BCUT2D eigenvalue weighted by Gasteiger charge is -2.13. The van der Waals surface area contributed by atoms with E-state index in [1.165, 1.54) is 0 Å². The summed E-state index contributed by atoms with van der Waals surface area (Å²) in [7, 11) is 0.